The molecule has 0 aromatic rings. The fraction of sp³-hybridized carbons (Fsp3) is 0.900. The first-order chi connectivity index (χ1) is 6.20. The number of Topliss-reactive ketones (excluding diaryl/α,β-unsaturated/α-hetero) is 1. The standard InChI is InChI=1S/C10H18N2O/c1-3-12-6-8-4-10(13)5-9(7-12)11(8)2/h8-9H,3-7H2,1-2H3. The normalized spacial score (nSPS) is 36.6. The number of ketones is 1. The Labute approximate surface area is 79.7 Å². The van der Waals surface area contributed by atoms with Crippen LogP contribution in [-0.4, -0.2) is 54.3 Å². The molecule has 2 fully saturated rings. The number of nitrogens with zero attached hydrogens (tertiary/aromatic N) is 2. The zero-order valence-electron chi connectivity index (χ0n) is 8.49. The summed E-state index contributed by atoms with van der Waals surface area (Å²) >= 11 is 0. The van der Waals surface area contributed by atoms with E-state index in [1.54, 1.807) is 0 Å². The summed E-state index contributed by atoms with van der Waals surface area (Å²) in [7, 11) is 2.16. The first-order valence-corrected chi connectivity index (χ1v) is 5.16. The Morgan fingerprint density at radius 1 is 1.31 bits per heavy atom. The van der Waals surface area contributed by atoms with Gasteiger partial charge in [-0.05, 0) is 13.6 Å². The molecule has 2 heterocycles. The molecule has 3 heteroatoms. The SMILES string of the molecule is CCN1CC2CC(=O)CC(C1)N2C. The van der Waals surface area contributed by atoms with E-state index in [-0.39, 0.29) is 0 Å². The number of piperazine rings is 1. The summed E-state index contributed by atoms with van der Waals surface area (Å²) in [5, 5.41) is 0. The summed E-state index contributed by atoms with van der Waals surface area (Å²) in [6, 6.07) is 0.972. The van der Waals surface area contributed by atoms with E-state index < -0.39 is 0 Å². The van der Waals surface area contributed by atoms with E-state index in [0.717, 1.165) is 32.5 Å². The minimum absolute atomic E-state index is 0.462. The largest absolute Gasteiger partial charge is 0.300 e. The number of piperidine rings is 1. The smallest absolute Gasteiger partial charge is 0.136 e. The first-order valence-electron chi connectivity index (χ1n) is 5.16. The van der Waals surface area contributed by atoms with Gasteiger partial charge in [-0.15, -0.1) is 0 Å². The minimum atomic E-state index is 0.462. The van der Waals surface area contributed by atoms with Gasteiger partial charge in [0.05, 0.1) is 0 Å². The highest BCUT2D eigenvalue weighted by atomic mass is 16.1. The molecule has 2 bridgehead atoms. The van der Waals surface area contributed by atoms with Crippen LogP contribution in [0, 0.1) is 0 Å². The van der Waals surface area contributed by atoms with Crippen molar-refractivity contribution in [2.75, 3.05) is 26.7 Å². The summed E-state index contributed by atoms with van der Waals surface area (Å²) in [4.78, 5) is 16.2. The number of fused-ring (bicyclic) bond motifs is 2. The predicted molar refractivity (Wildman–Crippen MR) is 51.7 cm³/mol. The molecule has 0 N–H and O–H groups in total. The lowest BCUT2D eigenvalue weighted by atomic mass is 9.91. The summed E-state index contributed by atoms with van der Waals surface area (Å²) in [5.41, 5.74) is 0. The van der Waals surface area contributed by atoms with Gasteiger partial charge in [0, 0.05) is 38.0 Å². The summed E-state index contributed by atoms with van der Waals surface area (Å²) in [6.07, 6.45) is 1.53. The third kappa shape index (κ3) is 1.63. The van der Waals surface area contributed by atoms with Gasteiger partial charge in [-0.25, -0.2) is 0 Å². The fourth-order valence-corrected chi connectivity index (χ4v) is 2.51. The molecule has 2 rings (SSSR count). The maximum absolute atomic E-state index is 11.4. The molecule has 74 valence electrons. The van der Waals surface area contributed by atoms with Crippen molar-refractivity contribution in [3.63, 3.8) is 0 Å². The zero-order chi connectivity index (χ0) is 9.42. The predicted octanol–water partition coefficient (Wildman–Crippen LogP) is 0.354. The summed E-state index contributed by atoms with van der Waals surface area (Å²) in [5.74, 6) is 0.462. The van der Waals surface area contributed by atoms with E-state index in [4.69, 9.17) is 0 Å². The van der Waals surface area contributed by atoms with Crippen molar-refractivity contribution in [1.29, 1.82) is 0 Å². The van der Waals surface area contributed by atoms with Crippen molar-refractivity contribution in [2.45, 2.75) is 31.8 Å². The monoisotopic (exact) mass is 182 g/mol. The topological polar surface area (TPSA) is 23.6 Å². The molecule has 2 unspecified atom stereocenters. The molecule has 2 aliphatic heterocycles. The average molecular weight is 182 g/mol. The number of likely N-dealkylation sites (tertiary alicyclic amines) is 1. The van der Waals surface area contributed by atoms with E-state index in [0.29, 0.717) is 17.9 Å². The molecule has 0 aromatic carbocycles. The van der Waals surface area contributed by atoms with Crippen molar-refractivity contribution in [1.82, 2.24) is 9.80 Å². The van der Waals surface area contributed by atoms with Crippen molar-refractivity contribution < 1.29 is 4.79 Å². The van der Waals surface area contributed by atoms with Gasteiger partial charge in [0.25, 0.3) is 0 Å². The molecule has 0 amide bonds. The molecule has 2 atom stereocenters. The van der Waals surface area contributed by atoms with Gasteiger partial charge in [-0.2, -0.15) is 0 Å². The lowest BCUT2D eigenvalue weighted by molar-refractivity contribution is -0.127. The third-order valence-corrected chi connectivity index (χ3v) is 3.46. The second-order valence-electron chi connectivity index (χ2n) is 4.27. The van der Waals surface area contributed by atoms with Crippen LogP contribution in [-0.2, 0) is 4.79 Å². The molecule has 3 nitrogen and oxygen atoms in total. The number of rotatable bonds is 1. The van der Waals surface area contributed by atoms with Gasteiger partial charge in [0.15, 0.2) is 0 Å². The van der Waals surface area contributed by atoms with Crippen LogP contribution in [0.3, 0.4) is 0 Å². The van der Waals surface area contributed by atoms with Gasteiger partial charge < -0.3 is 4.90 Å². The van der Waals surface area contributed by atoms with Gasteiger partial charge in [0.2, 0.25) is 0 Å². The highest BCUT2D eigenvalue weighted by Gasteiger charge is 2.37. The van der Waals surface area contributed by atoms with Gasteiger partial charge in [-0.3, -0.25) is 9.69 Å². The van der Waals surface area contributed by atoms with Crippen LogP contribution in [0.2, 0.25) is 0 Å². The highest BCUT2D eigenvalue weighted by molar-refractivity contribution is 5.80. The molecule has 0 radical (unpaired) electrons. The molecular formula is C10H18N2O. The summed E-state index contributed by atoms with van der Waals surface area (Å²) < 4.78 is 0. The molecule has 0 aliphatic carbocycles. The van der Waals surface area contributed by atoms with Crippen molar-refractivity contribution >= 4 is 5.78 Å². The molecule has 0 aromatic heterocycles. The molecule has 2 aliphatic rings. The van der Waals surface area contributed by atoms with Crippen LogP contribution >= 0.6 is 0 Å². The van der Waals surface area contributed by atoms with Crippen LogP contribution in [0.4, 0.5) is 0 Å². The van der Waals surface area contributed by atoms with Crippen LogP contribution < -0.4 is 0 Å². The van der Waals surface area contributed by atoms with Crippen molar-refractivity contribution in [3.8, 4) is 0 Å². The molecule has 0 saturated carbocycles. The molecule has 13 heavy (non-hydrogen) atoms. The van der Waals surface area contributed by atoms with Crippen LogP contribution in [0.15, 0.2) is 0 Å². The Kier molecular flexibility index (Phi) is 2.39. The Balaban J connectivity index is 2.08. The van der Waals surface area contributed by atoms with Gasteiger partial charge in [0.1, 0.15) is 5.78 Å². The van der Waals surface area contributed by atoms with Crippen molar-refractivity contribution in [2.24, 2.45) is 0 Å². The van der Waals surface area contributed by atoms with Gasteiger partial charge in [-0.1, -0.05) is 6.92 Å². The highest BCUT2D eigenvalue weighted by Crippen LogP contribution is 2.24. The third-order valence-electron chi connectivity index (χ3n) is 3.46. The Morgan fingerprint density at radius 2 is 1.85 bits per heavy atom. The van der Waals surface area contributed by atoms with E-state index in [1.807, 2.05) is 0 Å². The lowest BCUT2D eigenvalue weighted by Gasteiger charge is -2.47. The Bertz CT molecular complexity index is 199. The van der Waals surface area contributed by atoms with Crippen LogP contribution in [0.1, 0.15) is 19.8 Å². The average Bonchev–Trinajstić information content (AvgIpc) is 2.07. The van der Waals surface area contributed by atoms with Crippen LogP contribution in [0.5, 0.6) is 0 Å². The van der Waals surface area contributed by atoms with E-state index in [2.05, 4.69) is 23.8 Å². The van der Waals surface area contributed by atoms with Crippen molar-refractivity contribution in [3.05, 3.63) is 0 Å². The summed E-state index contributed by atoms with van der Waals surface area (Å²) in [6.45, 7) is 5.47. The van der Waals surface area contributed by atoms with E-state index in [9.17, 15) is 4.79 Å². The minimum Gasteiger partial charge on any atom is -0.300 e. The quantitative estimate of drug-likeness (QED) is 0.585. The number of carbonyl (C=O) groups is 1. The Morgan fingerprint density at radius 3 is 2.31 bits per heavy atom. The maximum Gasteiger partial charge on any atom is 0.136 e. The second-order valence-corrected chi connectivity index (χ2v) is 4.27. The number of carbonyl (C=O) groups excluding carboxylic acids is 1. The maximum atomic E-state index is 11.4. The van der Waals surface area contributed by atoms with E-state index in [1.165, 1.54) is 0 Å². The fourth-order valence-electron chi connectivity index (χ4n) is 2.51. The number of hydrogen-bond acceptors (Lipinski definition) is 3. The Hall–Kier alpha value is -0.410. The lowest BCUT2D eigenvalue weighted by Crippen LogP contribution is -2.60. The number of likely N-dealkylation sites (N-methyl/N-ethyl adjacent to an activating group) is 2. The second kappa shape index (κ2) is 3.39. The molecule has 0 spiro atoms. The first kappa shape index (κ1) is 9.16. The van der Waals surface area contributed by atoms with Gasteiger partial charge >= 0.3 is 0 Å². The number of hydrogen-bond donors (Lipinski definition) is 0. The molecular weight excluding hydrogens is 164 g/mol. The van der Waals surface area contributed by atoms with Crippen LogP contribution in [0.25, 0.3) is 0 Å². The molecule has 2 saturated heterocycles. The zero-order valence-corrected chi connectivity index (χ0v) is 8.49. The van der Waals surface area contributed by atoms with E-state index >= 15 is 0 Å².